The van der Waals surface area contributed by atoms with E-state index < -0.39 is 5.23 Å². The first-order chi connectivity index (χ1) is 17.5. The number of imidazole rings is 1. The van der Waals surface area contributed by atoms with E-state index in [0.717, 1.165) is 46.5 Å². The van der Waals surface area contributed by atoms with Crippen LogP contribution < -0.4 is 11.0 Å². The molecule has 10 nitrogen and oxygen atoms in total. The number of likely N-dealkylation sites (tertiary alicyclic amines) is 1. The number of hydrogen-bond acceptors (Lipinski definition) is 6. The molecule has 1 saturated heterocycles. The number of aromatic nitrogens is 4. The van der Waals surface area contributed by atoms with Crippen LogP contribution in [0.25, 0.3) is 27.8 Å². The Bertz CT molecular complexity index is 1530. The Balaban J connectivity index is 1.27. The van der Waals surface area contributed by atoms with Crippen LogP contribution in [0.1, 0.15) is 34.9 Å². The van der Waals surface area contributed by atoms with E-state index in [1.165, 1.54) is 12.1 Å². The van der Waals surface area contributed by atoms with Crippen LogP contribution in [0, 0.1) is 5.21 Å². The van der Waals surface area contributed by atoms with Crippen molar-refractivity contribution in [1.29, 1.82) is 0 Å². The number of amides is 1. The van der Waals surface area contributed by atoms with Gasteiger partial charge in [0.2, 0.25) is 0 Å². The summed E-state index contributed by atoms with van der Waals surface area (Å²) in [6, 6.07) is 16.2. The second kappa shape index (κ2) is 8.76. The summed E-state index contributed by atoms with van der Waals surface area (Å²) < 4.78 is 2.02. The monoisotopic (exact) mass is 483 g/mol. The van der Waals surface area contributed by atoms with Gasteiger partial charge in [-0.3, -0.25) is 9.20 Å². The standard InChI is InChI=1S/C26H25N7O3/c27-24-23-22(21-15-18-3-1-2-4-20(18)29-21)30-25(32(23)14-11-28-24)16-9-12-31(13-10-16)26(34)17-5-7-19(8-6-17)33(35)36/h1-8,11,14-16,29,33,35H,9-10,12-13H2,(H2,27,28). The first-order valence-electron chi connectivity index (χ1n) is 11.8. The average Bonchev–Trinajstić information content (AvgIpc) is 3.51. The van der Waals surface area contributed by atoms with Gasteiger partial charge in [-0.1, -0.05) is 18.2 Å². The van der Waals surface area contributed by atoms with Gasteiger partial charge in [-0.2, -0.15) is 5.23 Å². The summed E-state index contributed by atoms with van der Waals surface area (Å²) in [4.78, 5) is 27.6. The third kappa shape index (κ3) is 3.77. The van der Waals surface area contributed by atoms with Crippen LogP contribution >= 0.6 is 0 Å². The van der Waals surface area contributed by atoms with Gasteiger partial charge in [0, 0.05) is 60.0 Å². The fraction of sp³-hybridized carbons (Fsp3) is 0.192. The molecular formula is C26H25N7O3. The minimum absolute atomic E-state index is 0.0921. The molecule has 1 amide bonds. The van der Waals surface area contributed by atoms with Crippen LogP contribution in [-0.4, -0.2) is 48.5 Å². The Morgan fingerprint density at radius 1 is 1.14 bits per heavy atom. The van der Waals surface area contributed by atoms with Gasteiger partial charge in [0.25, 0.3) is 5.91 Å². The van der Waals surface area contributed by atoms with Gasteiger partial charge >= 0.3 is 0 Å². The molecule has 0 radical (unpaired) electrons. The largest absolute Gasteiger partial charge is 0.595 e. The number of nitrogens with two attached hydrogens (primary N) is 1. The van der Waals surface area contributed by atoms with Gasteiger partial charge in [0.1, 0.15) is 22.9 Å². The quantitative estimate of drug-likeness (QED) is 0.290. The zero-order chi connectivity index (χ0) is 24.8. The maximum atomic E-state index is 13.0. The average molecular weight is 484 g/mol. The molecule has 182 valence electrons. The third-order valence-electron chi connectivity index (χ3n) is 6.92. The van der Waals surface area contributed by atoms with E-state index in [2.05, 4.69) is 22.1 Å². The lowest BCUT2D eigenvalue weighted by molar-refractivity contribution is -0.991. The lowest BCUT2D eigenvalue weighted by Gasteiger charge is -2.31. The van der Waals surface area contributed by atoms with E-state index in [1.807, 2.05) is 33.7 Å². The first-order valence-corrected chi connectivity index (χ1v) is 11.8. The van der Waals surface area contributed by atoms with Gasteiger partial charge in [0.15, 0.2) is 5.69 Å². The molecule has 5 N–H and O–H groups in total. The Kier molecular flexibility index (Phi) is 5.41. The van der Waals surface area contributed by atoms with Crippen molar-refractivity contribution in [2.45, 2.75) is 18.8 Å². The molecule has 3 aromatic heterocycles. The Labute approximate surface area is 206 Å². The highest BCUT2D eigenvalue weighted by Crippen LogP contribution is 2.35. The number of hydrogen-bond donors (Lipinski definition) is 4. The second-order valence-corrected chi connectivity index (χ2v) is 9.07. The van der Waals surface area contributed by atoms with Crippen LogP contribution in [0.5, 0.6) is 0 Å². The van der Waals surface area contributed by atoms with Crippen molar-refractivity contribution in [3.63, 3.8) is 0 Å². The molecule has 0 spiro atoms. The summed E-state index contributed by atoms with van der Waals surface area (Å²) in [5.74, 6) is 1.38. The lowest BCUT2D eigenvalue weighted by Crippen LogP contribution is -2.99. The van der Waals surface area contributed by atoms with Gasteiger partial charge in [-0.05, 0) is 37.1 Å². The van der Waals surface area contributed by atoms with Gasteiger partial charge in [0.05, 0.1) is 5.69 Å². The van der Waals surface area contributed by atoms with E-state index in [9.17, 15) is 10.0 Å². The van der Waals surface area contributed by atoms with Gasteiger partial charge in [-0.15, -0.1) is 0 Å². The smallest absolute Gasteiger partial charge is 0.253 e. The highest BCUT2D eigenvalue weighted by atomic mass is 16.8. The van der Waals surface area contributed by atoms with Crippen molar-refractivity contribution in [1.82, 2.24) is 24.3 Å². The first kappa shape index (κ1) is 22.2. The zero-order valence-corrected chi connectivity index (χ0v) is 19.4. The summed E-state index contributed by atoms with van der Waals surface area (Å²) in [7, 11) is 0. The molecular weight excluding hydrogens is 458 g/mol. The van der Waals surface area contributed by atoms with Crippen LogP contribution in [0.15, 0.2) is 67.0 Å². The van der Waals surface area contributed by atoms with Crippen molar-refractivity contribution in [3.8, 4) is 11.4 Å². The third-order valence-corrected chi connectivity index (χ3v) is 6.92. The van der Waals surface area contributed by atoms with Gasteiger partial charge < -0.3 is 20.8 Å². The molecule has 1 aliphatic rings. The Hall–Kier alpha value is -4.25. The number of anilines is 1. The van der Waals surface area contributed by atoms with Crippen LogP contribution in [0.3, 0.4) is 0 Å². The number of nitrogens with one attached hydrogen (secondary N) is 2. The molecule has 6 rings (SSSR count). The number of quaternary nitrogens is 1. The number of aromatic amines is 1. The number of fused-ring (bicyclic) bond motifs is 2. The summed E-state index contributed by atoms with van der Waals surface area (Å²) >= 11 is 0. The molecule has 36 heavy (non-hydrogen) atoms. The minimum atomic E-state index is -1.01. The highest BCUT2D eigenvalue weighted by molar-refractivity contribution is 5.94. The second-order valence-electron chi connectivity index (χ2n) is 9.07. The summed E-state index contributed by atoms with van der Waals surface area (Å²) in [5.41, 5.74) is 10.4. The summed E-state index contributed by atoms with van der Waals surface area (Å²) in [6.07, 6.45) is 5.09. The molecule has 2 aromatic carbocycles. The normalized spacial score (nSPS) is 15.6. The number of carbonyl (C=O) groups excluding carboxylic acids is 1. The molecule has 0 bridgehead atoms. The number of H-pyrrole nitrogens is 1. The van der Waals surface area contributed by atoms with Crippen molar-refractivity contribution >= 4 is 33.8 Å². The lowest BCUT2D eigenvalue weighted by atomic mass is 9.95. The molecule has 4 heterocycles. The van der Waals surface area contributed by atoms with Crippen LogP contribution in [0.4, 0.5) is 11.5 Å². The van der Waals surface area contributed by atoms with E-state index in [0.29, 0.717) is 24.5 Å². The predicted octanol–water partition coefficient (Wildman–Crippen LogP) is 2.88. The molecule has 1 atom stereocenters. The van der Waals surface area contributed by atoms with Gasteiger partial charge in [-0.25, -0.2) is 15.2 Å². The molecule has 1 unspecified atom stereocenters. The molecule has 10 heteroatoms. The fourth-order valence-corrected chi connectivity index (χ4v) is 5.04. The number of rotatable bonds is 4. The number of piperidine rings is 1. The van der Waals surface area contributed by atoms with Crippen molar-refractivity contribution in [2.75, 3.05) is 18.8 Å². The summed E-state index contributed by atoms with van der Waals surface area (Å²) in [5, 5.41) is 20.3. The molecule has 1 fully saturated rings. The maximum Gasteiger partial charge on any atom is 0.253 e. The fourth-order valence-electron chi connectivity index (χ4n) is 5.04. The number of nitrogen functional groups attached to an aromatic ring is 1. The minimum Gasteiger partial charge on any atom is -0.595 e. The van der Waals surface area contributed by atoms with Crippen molar-refractivity contribution < 1.29 is 15.2 Å². The van der Waals surface area contributed by atoms with Crippen molar-refractivity contribution in [3.05, 3.63) is 83.6 Å². The predicted molar refractivity (Wildman–Crippen MR) is 135 cm³/mol. The number of benzene rings is 2. The maximum absolute atomic E-state index is 13.0. The molecule has 0 aliphatic carbocycles. The van der Waals surface area contributed by atoms with E-state index in [4.69, 9.17) is 15.9 Å². The highest BCUT2D eigenvalue weighted by Gasteiger charge is 2.29. The topological polar surface area (TPSA) is 140 Å². The van der Waals surface area contributed by atoms with Crippen LogP contribution in [-0.2, 0) is 0 Å². The SMILES string of the molecule is Nc1nccn2c(C3CCN(C(=O)c4ccc([NH+]([O-])O)cc4)CC3)nc(-c3cc4ccccc4[nH]3)c12. The molecule has 1 aliphatic heterocycles. The van der Waals surface area contributed by atoms with E-state index >= 15 is 0 Å². The summed E-state index contributed by atoms with van der Waals surface area (Å²) in [6.45, 7) is 1.17. The van der Waals surface area contributed by atoms with E-state index in [-0.39, 0.29) is 17.5 Å². The zero-order valence-electron chi connectivity index (χ0n) is 19.4. The molecule has 0 saturated carbocycles. The van der Waals surface area contributed by atoms with Crippen molar-refractivity contribution in [2.24, 2.45) is 0 Å². The molecule has 5 aromatic rings. The number of para-hydroxylation sites is 1. The Morgan fingerprint density at radius 2 is 1.89 bits per heavy atom. The van der Waals surface area contributed by atoms with Crippen LogP contribution in [0.2, 0.25) is 0 Å². The van der Waals surface area contributed by atoms with E-state index in [1.54, 1.807) is 18.3 Å². The Morgan fingerprint density at radius 3 is 2.61 bits per heavy atom. The number of carbonyl (C=O) groups is 1. The number of nitrogens with zero attached hydrogens (tertiary/aromatic N) is 4.